The van der Waals surface area contributed by atoms with Crippen LogP contribution in [-0.2, 0) is 14.3 Å². The molecule has 1 atom stereocenters. The average Bonchev–Trinajstić information content (AvgIpc) is 3.57. The molecule has 1 saturated heterocycles. The van der Waals surface area contributed by atoms with E-state index in [0.29, 0.717) is 12.3 Å². The molecule has 0 aromatic heterocycles. The van der Waals surface area contributed by atoms with E-state index in [1.807, 2.05) is 18.2 Å². The van der Waals surface area contributed by atoms with E-state index in [1.54, 1.807) is 7.11 Å². The summed E-state index contributed by atoms with van der Waals surface area (Å²) in [5.41, 5.74) is 0.971. The normalized spacial score (nSPS) is 21.9. The van der Waals surface area contributed by atoms with E-state index in [-0.39, 0.29) is 17.6 Å². The molecule has 2 heterocycles. The van der Waals surface area contributed by atoms with Gasteiger partial charge in [-0.25, -0.2) is 4.79 Å². The molecular formula is C23H31F3N2O5. The van der Waals surface area contributed by atoms with Gasteiger partial charge in [-0.2, -0.15) is 13.2 Å². The summed E-state index contributed by atoms with van der Waals surface area (Å²) < 4.78 is 43.5. The van der Waals surface area contributed by atoms with E-state index in [9.17, 15) is 18.0 Å². The van der Waals surface area contributed by atoms with Gasteiger partial charge in [0.2, 0.25) is 5.91 Å². The van der Waals surface area contributed by atoms with Crippen LogP contribution in [0.4, 0.5) is 13.2 Å². The van der Waals surface area contributed by atoms with Crippen LogP contribution in [0.25, 0.3) is 0 Å². The second-order valence-electron chi connectivity index (χ2n) is 8.93. The van der Waals surface area contributed by atoms with Crippen molar-refractivity contribution in [3.63, 3.8) is 0 Å². The fourth-order valence-corrected chi connectivity index (χ4v) is 4.30. The van der Waals surface area contributed by atoms with E-state index in [1.165, 1.54) is 12.8 Å². The molecule has 10 heteroatoms. The maximum absolute atomic E-state index is 12.4. The maximum atomic E-state index is 12.4. The van der Waals surface area contributed by atoms with Crippen molar-refractivity contribution < 1.29 is 37.3 Å². The highest BCUT2D eigenvalue weighted by molar-refractivity contribution is 5.77. The van der Waals surface area contributed by atoms with Crippen molar-refractivity contribution in [2.45, 2.75) is 56.3 Å². The zero-order valence-electron chi connectivity index (χ0n) is 18.7. The molecule has 0 radical (unpaired) electrons. The summed E-state index contributed by atoms with van der Waals surface area (Å²) >= 11 is 0. The van der Waals surface area contributed by atoms with Crippen LogP contribution in [0.5, 0.6) is 5.75 Å². The Morgan fingerprint density at radius 3 is 2.45 bits per heavy atom. The zero-order valence-corrected chi connectivity index (χ0v) is 18.7. The van der Waals surface area contributed by atoms with Gasteiger partial charge in [-0.05, 0) is 37.7 Å². The van der Waals surface area contributed by atoms with E-state index >= 15 is 0 Å². The van der Waals surface area contributed by atoms with E-state index in [0.717, 1.165) is 56.8 Å². The van der Waals surface area contributed by atoms with Gasteiger partial charge < -0.3 is 24.8 Å². The number of methoxy groups -OCH3 is 1. The Labute approximate surface area is 191 Å². The molecule has 0 bridgehead atoms. The van der Waals surface area contributed by atoms with Crippen LogP contribution < -0.4 is 10.1 Å². The number of aliphatic carboxylic acids is 1. The van der Waals surface area contributed by atoms with Crippen molar-refractivity contribution in [3.05, 3.63) is 29.8 Å². The molecule has 1 amide bonds. The number of nitrogens with zero attached hydrogens (tertiary/aromatic N) is 1. The fraction of sp³-hybridized carbons (Fsp3) is 0.652. The Balaban J connectivity index is 0.000000383. The number of piperidine rings is 1. The number of fused-ring (bicyclic) bond motifs is 1. The lowest BCUT2D eigenvalue weighted by Crippen LogP contribution is -2.52. The van der Waals surface area contributed by atoms with Gasteiger partial charge in [0.05, 0.1) is 12.6 Å². The van der Waals surface area contributed by atoms with Crippen molar-refractivity contribution >= 4 is 11.9 Å². The Morgan fingerprint density at radius 1 is 1.24 bits per heavy atom. The van der Waals surface area contributed by atoms with Crippen LogP contribution >= 0.6 is 0 Å². The van der Waals surface area contributed by atoms with Gasteiger partial charge in [0.1, 0.15) is 11.4 Å². The topological polar surface area (TPSA) is 88.1 Å². The Bertz CT molecular complexity index is 821. The highest BCUT2D eigenvalue weighted by atomic mass is 19.4. The molecule has 1 aromatic rings. The van der Waals surface area contributed by atoms with Crippen LogP contribution in [0.15, 0.2) is 24.3 Å². The summed E-state index contributed by atoms with van der Waals surface area (Å²) in [6.07, 6.45) is 0.883. The first-order valence-corrected chi connectivity index (χ1v) is 11.2. The number of carbonyl (C=O) groups is 2. The second-order valence-corrected chi connectivity index (χ2v) is 8.93. The van der Waals surface area contributed by atoms with Gasteiger partial charge in [-0.3, -0.25) is 4.79 Å². The van der Waals surface area contributed by atoms with Crippen LogP contribution in [-0.4, -0.2) is 67.0 Å². The first kappa shape index (κ1) is 25.3. The predicted octanol–water partition coefficient (Wildman–Crippen LogP) is 3.54. The molecule has 1 unspecified atom stereocenters. The van der Waals surface area contributed by atoms with E-state index < -0.39 is 12.1 Å². The number of carboxylic acids is 1. The van der Waals surface area contributed by atoms with Crippen LogP contribution in [0, 0.1) is 5.92 Å². The number of benzene rings is 1. The average molecular weight is 473 g/mol. The van der Waals surface area contributed by atoms with Crippen molar-refractivity contribution in [1.82, 2.24) is 10.2 Å². The van der Waals surface area contributed by atoms with Gasteiger partial charge in [0.25, 0.3) is 0 Å². The number of halogens is 3. The molecule has 2 aliphatic heterocycles. The molecule has 3 aliphatic rings. The summed E-state index contributed by atoms with van der Waals surface area (Å²) in [6, 6.07) is 8.27. The Morgan fingerprint density at radius 2 is 1.88 bits per heavy atom. The lowest BCUT2D eigenvalue weighted by Gasteiger charge is -2.47. The standard InChI is InChI=1S/C21H30N2O3.C2HF3O2/c1-25-13-12-23-10-8-21(9-11-23)15-18(22-20(24)14-16-6-7-16)17-4-2-3-5-19(17)26-21;3-2(4,5)1(6)7/h2-5,16,18H,6-15H2,1H3,(H,22,24);(H,6,7). The molecule has 33 heavy (non-hydrogen) atoms. The van der Waals surface area contributed by atoms with Gasteiger partial charge in [0.15, 0.2) is 0 Å². The van der Waals surface area contributed by atoms with Gasteiger partial charge in [-0.15, -0.1) is 0 Å². The van der Waals surface area contributed by atoms with Crippen molar-refractivity contribution in [1.29, 1.82) is 0 Å². The molecule has 184 valence electrons. The SMILES string of the molecule is COCCN1CCC2(CC1)CC(NC(=O)CC1CC1)c1ccccc1O2.O=C(O)C(F)(F)F. The minimum atomic E-state index is -5.08. The Kier molecular flexibility index (Phi) is 8.23. The summed E-state index contributed by atoms with van der Waals surface area (Å²) in [5, 5.41) is 10.4. The quantitative estimate of drug-likeness (QED) is 0.659. The van der Waals surface area contributed by atoms with E-state index in [2.05, 4.69) is 16.3 Å². The number of carbonyl (C=O) groups excluding carboxylic acids is 1. The summed E-state index contributed by atoms with van der Waals surface area (Å²) in [5.74, 6) is -1.00. The molecule has 1 spiro atoms. The summed E-state index contributed by atoms with van der Waals surface area (Å²) in [7, 11) is 1.75. The first-order valence-electron chi connectivity index (χ1n) is 11.2. The Hall–Kier alpha value is -2.33. The highest BCUT2D eigenvalue weighted by Crippen LogP contribution is 2.44. The minimum Gasteiger partial charge on any atom is -0.487 e. The van der Waals surface area contributed by atoms with Crippen molar-refractivity contribution in [3.8, 4) is 5.75 Å². The van der Waals surface area contributed by atoms with Crippen molar-refractivity contribution in [2.24, 2.45) is 5.92 Å². The monoisotopic (exact) mass is 472 g/mol. The smallest absolute Gasteiger partial charge is 0.487 e. The number of ether oxygens (including phenoxy) is 2. The predicted molar refractivity (Wildman–Crippen MR) is 114 cm³/mol. The number of hydrogen-bond donors (Lipinski definition) is 2. The number of carboxylic acid groups (broad SMARTS) is 1. The molecule has 2 fully saturated rings. The number of para-hydroxylation sites is 1. The van der Waals surface area contributed by atoms with Gasteiger partial charge in [0, 0.05) is 45.1 Å². The molecule has 1 aliphatic carbocycles. The van der Waals surface area contributed by atoms with Crippen LogP contribution in [0.2, 0.25) is 0 Å². The number of nitrogens with one attached hydrogen (secondary N) is 1. The lowest BCUT2D eigenvalue weighted by molar-refractivity contribution is -0.192. The highest BCUT2D eigenvalue weighted by Gasteiger charge is 2.43. The molecule has 1 aromatic carbocycles. The number of alkyl halides is 3. The van der Waals surface area contributed by atoms with Crippen LogP contribution in [0.1, 0.15) is 50.1 Å². The molecule has 7 nitrogen and oxygen atoms in total. The fourth-order valence-electron chi connectivity index (χ4n) is 4.30. The number of rotatable bonds is 6. The number of likely N-dealkylation sites (tertiary alicyclic amines) is 1. The van der Waals surface area contributed by atoms with Crippen LogP contribution in [0.3, 0.4) is 0 Å². The molecule has 4 rings (SSSR count). The summed E-state index contributed by atoms with van der Waals surface area (Å²) in [6.45, 7) is 3.80. The van der Waals surface area contributed by atoms with Gasteiger partial charge in [-0.1, -0.05) is 18.2 Å². The third-order valence-corrected chi connectivity index (χ3v) is 6.32. The molecule has 2 N–H and O–H groups in total. The molecule has 1 saturated carbocycles. The second kappa shape index (κ2) is 10.7. The first-order chi connectivity index (χ1) is 15.6. The number of amides is 1. The minimum absolute atomic E-state index is 0.0664. The largest absolute Gasteiger partial charge is 0.490 e. The zero-order chi connectivity index (χ0) is 24.1. The third-order valence-electron chi connectivity index (χ3n) is 6.32. The number of hydrogen-bond acceptors (Lipinski definition) is 5. The molecular weight excluding hydrogens is 441 g/mol. The third kappa shape index (κ3) is 7.33. The van der Waals surface area contributed by atoms with Gasteiger partial charge >= 0.3 is 12.1 Å². The van der Waals surface area contributed by atoms with E-state index in [4.69, 9.17) is 19.4 Å². The lowest BCUT2D eigenvalue weighted by atomic mass is 9.80. The maximum Gasteiger partial charge on any atom is 0.490 e. The summed E-state index contributed by atoms with van der Waals surface area (Å²) in [4.78, 5) is 23.8. The van der Waals surface area contributed by atoms with Crippen molar-refractivity contribution in [2.75, 3.05) is 33.4 Å².